The molecule has 2 aromatic heterocycles. The normalized spacial score (nSPS) is 13.5. The summed E-state index contributed by atoms with van der Waals surface area (Å²) in [5, 5.41) is 3.83. The maximum atomic E-state index is 12.9. The maximum absolute atomic E-state index is 12.9. The van der Waals surface area contributed by atoms with Crippen LogP contribution >= 0.6 is 0 Å². The average molecular weight is 422 g/mol. The molecule has 3 heterocycles. The first-order chi connectivity index (χ1) is 15.0. The molecule has 1 fully saturated rings. The topological polar surface area (TPSA) is 89.5 Å². The van der Waals surface area contributed by atoms with Crippen LogP contribution in [-0.2, 0) is 6.54 Å². The molecule has 8 heteroatoms. The standard InChI is InChI=1S/C23H27N5O3/c1-14-11-15(2)25-20-19(14)22(28-9-5-6-10-28)27-21(26-20)23(29)24-13-16-7-8-17(30-3)18(12-16)31-4/h7-8,11-12H,5-6,9-10,13H2,1-4H3,(H,24,29). The zero-order valence-corrected chi connectivity index (χ0v) is 18.4. The minimum absolute atomic E-state index is 0.132. The second-order valence-electron chi connectivity index (χ2n) is 7.72. The Morgan fingerprint density at radius 2 is 1.77 bits per heavy atom. The number of hydrogen-bond donors (Lipinski definition) is 1. The third-order valence-corrected chi connectivity index (χ3v) is 5.48. The number of fused-ring (bicyclic) bond motifs is 1. The van der Waals surface area contributed by atoms with Crippen LogP contribution in [0.3, 0.4) is 0 Å². The van der Waals surface area contributed by atoms with Gasteiger partial charge in [-0.3, -0.25) is 4.79 Å². The van der Waals surface area contributed by atoms with Gasteiger partial charge in [-0.2, -0.15) is 0 Å². The van der Waals surface area contributed by atoms with E-state index in [1.807, 2.05) is 38.1 Å². The molecule has 0 bridgehead atoms. The molecule has 0 spiro atoms. The molecule has 1 aromatic carbocycles. The summed E-state index contributed by atoms with van der Waals surface area (Å²) in [4.78, 5) is 28.9. The molecule has 0 saturated carbocycles. The van der Waals surface area contributed by atoms with Crippen molar-refractivity contribution in [3.05, 3.63) is 46.9 Å². The summed E-state index contributed by atoms with van der Waals surface area (Å²) in [6, 6.07) is 7.56. The van der Waals surface area contributed by atoms with Gasteiger partial charge in [0.1, 0.15) is 5.82 Å². The molecule has 0 unspecified atom stereocenters. The Morgan fingerprint density at radius 3 is 2.48 bits per heavy atom. The molecule has 1 aliphatic heterocycles. The predicted molar refractivity (Wildman–Crippen MR) is 119 cm³/mol. The van der Waals surface area contributed by atoms with E-state index in [2.05, 4.69) is 25.2 Å². The first kappa shape index (κ1) is 20.8. The highest BCUT2D eigenvalue weighted by Crippen LogP contribution is 2.30. The molecule has 1 aliphatic rings. The van der Waals surface area contributed by atoms with E-state index >= 15 is 0 Å². The number of anilines is 1. The Morgan fingerprint density at radius 1 is 1.03 bits per heavy atom. The molecule has 1 N–H and O–H groups in total. The van der Waals surface area contributed by atoms with Crippen molar-refractivity contribution in [3.63, 3.8) is 0 Å². The molecule has 0 atom stereocenters. The molecule has 1 saturated heterocycles. The molecule has 8 nitrogen and oxygen atoms in total. The Labute approximate surface area is 181 Å². The number of carbonyl (C=O) groups is 1. The quantitative estimate of drug-likeness (QED) is 0.654. The van der Waals surface area contributed by atoms with Crippen molar-refractivity contribution in [3.8, 4) is 11.5 Å². The highest BCUT2D eigenvalue weighted by molar-refractivity contribution is 5.96. The van der Waals surface area contributed by atoms with Gasteiger partial charge in [-0.15, -0.1) is 0 Å². The lowest BCUT2D eigenvalue weighted by Crippen LogP contribution is -2.27. The summed E-state index contributed by atoms with van der Waals surface area (Å²) >= 11 is 0. The van der Waals surface area contributed by atoms with Crippen molar-refractivity contribution >= 4 is 22.8 Å². The van der Waals surface area contributed by atoms with E-state index in [1.54, 1.807) is 14.2 Å². The van der Waals surface area contributed by atoms with Gasteiger partial charge < -0.3 is 19.7 Å². The zero-order chi connectivity index (χ0) is 22.0. The molecule has 162 valence electrons. The van der Waals surface area contributed by atoms with E-state index in [9.17, 15) is 4.79 Å². The SMILES string of the molecule is COc1ccc(CNC(=O)c2nc(N3CCCC3)c3c(C)cc(C)nc3n2)cc1OC. The van der Waals surface area contributed by atoms with Crippen molar-refractivity contribution in [1.82, 2.24) is 20.3 Å². The van der Waals surface area contributed by atoms with Gasteiger partial charge in [-0.25, -0.2) is 15.0 Å². The average Bonchev–Trinajstić information content (AvgIpc) is 3.31. The van der Waals surface area contributed by atoms with E-state index in [4.69, 9.17) is 9.47 Å². The molecular weight excluding hydrogens is 394 g/mol. The van der Waals surface area contributed by atoms with Crippen molar-refractivity contribution in [2.24, 2.45) is 0 Å². The molecule has 4 rings (SSSR count). The number of pyridine rings is 1. The van der Waals surface area contributed by atoms with E-state index < -0.39 is 0 Å². The van der Waals surface area contributed by atoms with Gasteiger partial charge in [-0.05, 0) is 56.0 Å². The van der Waals surface area contributed by atoms with Crippen LogP contribution in [0, 0.1) is 13.8 Å². The lowest BCUT2D eigenvalue weighted by Gasteiger charge is -2.20. The van der Waals surface area contributed by atoms with Gasteiger partial charge in [-0.1, -0.05) is 6.07 Å². The number of hydrogen-bond acceptors (Lipinski definition) is 7. The maximum Gasteiger partial charge on any atom is 0.289 e. The number of ether oxygens (including phenoxy) is 2. The Balaban J connectivity index is 1.63. The summed E-state index contributed by atoms with van der Waals surface area (Å²) in [6.45, 7) is 6.13. The molecule has 0 radical (unpaired) electrons. The number of rotatable bonds is 6. The van der Waals surface area contributed by atoms with Gasteiger partial charge in [0.15, 0.2) is 17.1 Å². The van der Waals surface area contributed by atoms with Crippen molar-refractivity contribution < 1.29 is 14.3 Å². The first-order valence-electron chi connectivity index (χ1n) is 10.4. The molecule has 0 aliphatic carbocycles. The number of nitrogens with zero attached hydrogens (tertiary/aromatic N) is 4. The van der Waals surface area contributed by atoms with Crippen LogP contribution < -0.4 is 19.7 Å². The zero-order valence-electron chi connectivity index (χ0n) is 18.4. The number of nitrogens with one attached hydrogen (secondary N) is 1. The summed E-state index contributed by atoms with van der Waals surface area (Å²) in [6.07, 6.45) is 2.23. The van der Waals surface area contributed by atoms with Crippen molar-refractivity contribution in [1.29, 1.82) is 0 Å². The van der Waals surface area contributed by atoms with Crippen LogP contribution in [0.4, 0.5) is 5.82 Å². The summed E-state index contributed by atoms with van der Waals surface area (Å²) in [5.74, 6) is 1.85. The van der Waals surface area contributed by atoms with E-state index in [-0.39, 0.29) is 11.7 Å². The lowest BCUT2D eigenvalue weighted by molar-refractivity contribution is 0.0941. The Bertz CT molecular complexity index is 1130. The number of benzene rings is 1. The minimum atomic E-state index is -0.335. The van der Waals surface area contributed by atoms with E-state index in [0.717, 1.165) is 54.0 Å². The van der Waals surface area contributed by atoms with Crippen LogP contribution in [0.2, 0.25) is 0 Å². The minimum Gasteiger partial charge on any atom is -0.493 e. The van der Waals surface area contributed by atoms with E-state index in [0.29, 0.717) is 23.7 Å². The van der Waals surface area contributed by atoms with Gasteiger partial charge in [0.2, 0.25) is 5.82 Å². The summed E-state index contributed by atoms with van der Waals surface area (Å²) in [7, 11) is 3.17. The van der Waals surface area contributed by atoms with Gasteiger partial charge in [0, 0.05) is 25.3 Å². The molecule has 31 heavy (non-hydrogen) atoms. The Hall–Kier alpha value is -3.42. The van der Waals surface area contributed by atoms with Crippen molar-refractivity contribution in [2.75, 3.05) is 32.2 Å². The predicted octanol–water partition coefficient (Wildman–Crippen LogP) is 3.19. The van der Waals surface area contributed by atoms with Crippen LogP contribution in [0.5, 0.6) is 11.5 Å². The summed E-state index contributed by atoms with van der Waals surface area (Å²) < 4.78 is 10.6. The third kappa shape index (κ3) is 4.23. The second-order valence-corrected chi connectivity index (χ2v) is 7.72. The van der Waals surface area contributed by atoms with Crippen LogP contribution in [0.1, 0.15) is 40.3 Å². The molecule has 1 amide bonds. The first-order valence-corrected chi connectivity index (χ1v) is 10.4. The Kier molecular flexibility index (Phi) is 5.88. The van der Waals surface area contributed by atoms with Crippen molar-refractivity contribution in [2.45, 2.75) is 33.2 Å². The number of aryl methyl sites for hydroxylation is 2. The number of carbonyl (C=O) groups excluding carboxylic acids is 1. The highest BCUT2D eigenvalue weighted by atomic mass is 16.5. The number of methoxy groups -OCH3 is 2. The van der Waals surface area contributed by atoms with Crippen LogP contribution in [-0.4, -0.2) is 48.2 Å². The number of aromatic nitrogens is 3. The fraction of sp³-hybridized carbons (Fsp3) is 0.391. The monoisotopic (exact) mass is 421 g/mol. The van der Waals surface area contributed by atoms with Gasteiger partial charge >= 0.3 is 0 Å². The second kappa shape index (κ2) is 8.75. The fourth-order valence-electron chi connectivity index (χ4n) is 3.97. The molecular formula is C23H27N5O3. The highest BCUT2D eigenvalue weighted by Gasteiger charge is 2.22. The van der Waals surface area contributed by atoms with Crippen LogP contribution in [0.25, 0.3) is 11.0 Å². The number of amides is 1. The smallest absolute Gasteiger partial charge is 0.289 e. The largest absolute Gasteiger partial charge is 0.493 e. The summed E-state index contributed by atoms with van der Waals surface area (Å²) in [5.41, 5.74) is 3.39. The van der Waals surface area contributed by atoms with Gasteiger partial charge in [0.25, 0.3) is 5.91 Å². The third-order valence-electron chi connectivity index (χ3n) is 5.48. The van der Waals surface area contributed by atoms with Crippen LogP contribution in [0.15, 0.2) is 24.3 Å². The fourth-order valence-corrected chi connectivity index (χ4v) is 3.97. The van der Waals surface area contributed by atoms with E-state index in [1.165, 1.54) is 0 Å². The lowest BCUT2D eigenvalue weighted by atomic mass is 10.1. The molecule has 3 aromatic rings. The van der Waals surface area contributed by atoms with Gasteiger partial charge in [0.05, 0.1) is 19.6 Å².